The number of unbranched alkanes of at least 4 members (excludes halogenated alkanes) is 16. The third kappa shape index (κ3) is 52.6. The number of rotatable bonds is 47. The van der Waals surface area contributed by atoms with Crippen molar-refractivity contribution in [1.82, 2.24) is 0 Å². The van der Waals surface area contributed by atoms with E-state index < -0.39 is 6.10 Å². The highest BCUT2D eigenvalue weighted by Gasteiger charge is 2.19. The minimum absolute atomic E-state index is 0.118. The number of ether oxygens (including phenoxy) is 3. The van der Waals surface area contributed by atoms with Crippen LogP contribution in [0.15, 0.2) is 122 Å². The van der Waals surface area contributed by atoms with E-state index in [1.165, 1.54) is 51.4 Å². The summed E-state index contributed by atoms with van der Waals surface area (Å²) in [5.41, 5.74) is 0. The largest absolute Gasteiger partial charge is 0.462 e. The van der Waals surface area contributed by atoms with Gasteiger partial charge in [0.05, 0.1) is 0 Å². The molecule has 0 amide bonds. The van der Waals surface area contributed by atoms with Gasteiger partial charge >= 0.3 is 17.9 Å². The highest BCUT2D eigenvalue weighted by atomic mass is 16.6. The second-order valence-corrected chi connectivity index (χ2v) is 17.4. The maximum atomic E-state index is 12.8. The predicted octanol–water partition coefficient (Wildman–Crippen LogP) is 18.1. The molecule has 0 aliphatic carbocycles. The molecule has 0 saturated carbocycles. The topological polar surface area (TPSA) is 78.9 Å². The summed E-state index contributed by atoms with van der Waals surface area (Å²) >= 11 is 0. The lowest BCUT2D eigenvalue weighted by molar-refractivity contribution is -0.166. The van der Waals surface area contributed by atoms with Crippen molar-refractivity contribution in [2.75, 3.05) is 13.2 Å². The molecule has 0 N–H and O–H groups in total. The van der Waals surface area contributed by atoms with Crippen LogP contribution < -0.4 is 0 Å². The molecule has 0 aromatic rings. The van der Waals surface area contributed by atoms with Crippen LogP contribution in [0.25, 0.3) is 0 Å². The lowest BCUT2D eigenvalue weighted by Gasteiger charge is -2.18. The molecule has 0 fully saturated rings. The Bertz CT molecular complexity index is 1440. The standard InChI is InChI=1S/C61H98O6/c1-4-7-10-13-16-19-22-25-28-29-30-31-34-36-39-42-45-48-51-54-60(63)66-57-58(67-61(64)55-52-49-46-43-40-37-33-27-24-21-18-15-12-9-6-3)56-65-59(62)53-50-47-44-41-38-35-32-26-23-20-17-14-11-8-5-2/h7,10,16-21,25-28,30-33,36,39,45,48,58H,4-6,8-9,11-15,22-24,29,34-35,37-38,40-44,46-47,49-57H2,1-3H3/b10-7-,19-16-,20-17-,21-18-,28-25-,31-30-,32-26-,33-27-,39-36-,48-45-. The summed E-state index contributed by atoms with van der Waals surface area (Å²) in [5, 5.41) is 0. The lowest BCUT2D eigenvalue weighted by atomic mass is 10.1. The summed E-state index contributed by atoms with van der Waals surface area (Å²) < 4.78 is 16.7. The van der Waals surface area contributed by atoms with Crippen LogP contribution in [0.5, 0.6) is 0 Å². The first kappa shape index (κ1) is 62.8. The third-order valence-corrected chi connectivity index (χ3v) is 10.9. The number of esters is 3. The normalized spacial score (nSPS) is 13.1. The highest BCUT2D eigenvalue weighted by Crippen LogP contribution is 2.12. The zero-order valence-electron chi connectivity index (χ0n) is 43.1. The van der Waals surface area contributed by atoms with Gasteiger partial charge in [0, 0.05) is 19.3 Å². The molecule has 0 rings (SSSR count). The minimum atomic E-state index is -0.825. The fourth-order valence-electron chi connectivity index (χ4n) is 6.88. The van der Waals surface area contributed by atoms with Gasteiger partial charge in [-0.2, -0.15) is 0 Å². The first-order valence-corrected chi connectivity index (χ1v) is 27.0. The first-order valence-electron chi connectivity index (χ1n) is 27.0. The number of hydrogen-bond acceptors (Lipinski definition) is 6. The minimum Gasteiger partial charge on any atom is -0.462 e. The molecule has 0 spiro atoms. The van der Waals surface area contributed by atoms with Crippen molar-refractivity contribution in [2.45, 2.75) is 232 Å². The van der Waals surface area contributed by atoms with Crippen LogP contribution in [-0.4, -0.2) is 37.2 Å². The van der Waals surface area contributed by atoms with E-state index in [2.05, 4.69) is 130 Å². The van der Waals surface area contributed by atoms with Crippen molar-refractivity contribution < 1.29 is 28.6 Å². The van der Waals surface area contributed by atoms with Gasteiger partial charge in [0.25, 0.3) is 0 Å². The van der Waals surface area contributed by atoms with Crippen molar-refractivity contribution >= 4 is 17.9 Å². The molecule has 1 atom stereocenters. The first-order chi connectivity index (χ1) is 33.0. The molecule has 378 valence electrons. The van der Waals surface area contributed by atoms with Gasteiger partial charge < -0.3 is 14.2 Å². The van der Waals surface area contributed by atoms with Gasteiger partial charge in [0.15, 0.2) is 6.10 Å². The van der Waals surface area contributed by atoms with Crippen LogP contribution >= 0.6 is 0 Å². The van der Waals surface area contributed by atoms with E-state index in [4.69, 9.17) is 14.2 Å². The molecule has 67 heavy (non-hydrogen) atoms. The Kier molecular flexibility index (Phi) is 51.0. The number of allylic oxidation sites excluding steroid dienone is 20. The van der Waals surface area contributed by atoms with Crippen molar-refractivity contribution in [3.63, 3.8) is 0 Å². The van der Waals surface area contributed by atoms with Crippen LogP contribution in [-0.2, 0) is 28.6 Å². The molecular weight excluding hydrogens is 829 g/mol. The van der Waals surface area contributed by atoms with Crippen molar-refractivity contribution in [2.24, 2.45) is 0 Å². The summed E-state index contributed by atoms with van der Waals surface area (Å²) in [4.78, 5) is 38.0. The van der Waals surface area contributed by atoms with E-state index in [0.29, 0.717) is 12.8 Å². The molecule has 0 aliphatic rings. The Labute approximate surface area is 412 Å². The van der Waals surface area contributed by atoms with E-state index in [-0.39, 0.29) is 44.0 Å². The van der Waals surface area contributed by atoms with E-state index in [1.807, 2.05) is 12.2 Å². The summed E-state index contributed by atoms with van der Waals surface area (Å²) in [7, 11) is 0. The smallest absolute Gasteiger partial charge is 0.306 e. The van der Waals surface area contributed by atoms with Crippen LogP contribution in [0.1, 0.15) is 226 Å². The van der Waals surface area contributed by atoms with Crippen molar-refractivity contribution in [1.29, 1.82) is 0 Å². The fourth-order valence-corrected chi connectivity index (χ4v) is 6.88. The number of carbonyl (C=O) groups is 3. The van der Waals surface area contributed by atoms with Gasteiger partial charge in [0.2, 0.25) is 0 Å². The maximum absolute atomic E-state index is 12.8. The molecule has 0 aromatic carbocycles. The van der Waals surface area contributed by atoms with Gasteiger partial charge in [-0.05, 0) is 122 Å². The lowest BCUT2D eigenvalue weighted by Crippen LogP contribution is -2.30. The van der Waals surface area contributed by atoms with Crippen LogP contribution in [0, 0.1) is 0 Å². The number of carbonyl (C=O) groups excluding carboxylic acids is 3. The van der Waals surface area contributed by atoms with E-state index in [1.54, 1.807) is 0 Å². The van der Waals surface area contributed by atoms with Crippen LogP contribution in [0.4, 0.5) is 0 Å². The van der Waals surface area contributed by atoms with Gasteiger partial charge in [-0.15, -0.1) is 0 Å². The second kappa shape index (κ2) is 54.4. The Balaban J connectivity index is 4.57. The molecule has 6 heteroatoms. The fraction of sp³-hybridized carbons (Fsp3) is 0.623. The molecule has 0 aliphatic heterocycles. The van der Waals surface area contributed by atoms with Crippen molar-refractivity contribution in [3.8, 4) is 0 Å². The van der Waals surface area contributed by atoms with Crippen LogP contribution in [0.3, 0.4) is 0 Å². The molecule has 0 heterocycles. The SMILES string of the molecule is CC/C=C\C/C=C\C/C=C\C/C=C\C/C=C\C/C=C\CCC(=O)OCC(COC(=O)CCCCCCC/C=C\C/C=C\CCCCC)OC(=O)CCCCCCC/C=C\C/C=C\CCCCC. The molecule has 0 bridgehead atoms. The molecule has 1 unspecified atom stereocenters. The second-order valence-electron chi connectivity index (χ2n) is 17.4. The predicted molar refractivity (Wildman–Crippen MR) is 288 cm³/mol. The Morgan fingerprint density at radius 2 is 0.612 bits per heavy atom. The van der Waals surface area contributed by atoms with Gasteiger partial charge in [0.1, 0.15) is 13.2 Å². The zero-order chi connectivity index (χ0) is 48.6. The Morgan fingerprint density at radius 3 is 1.00 bits per heavy atom. The van der Waals surface area contributed by atoms with Gasteiger partial charge in [-0.3, -0.25) is 14.4 Å². The third-order valence-electron chi connectivity index (χ3n) is 10.9. The summed E-state index contributed by atoms with van der Waals surface area (Å²) in [5.74, 6) is -1.04. The molecule has 0 saturated heterocycles. The number of hydrogen-bond donors (Lipinski definition) is 0. The average molecular weight is 927 g/mol. The summed E-state index contributed by atoms with van der Waals surface area (Å²) in [6.07, 6.45) is 74.7. The maximum Gasteiger partial charge on any atom is 0.306 e. The molecule has 6 nitrogen and oxygen atoms in total. The van der Waals surface area contributed by atoms with Crippen molar-refractivity contribution in [3.05, 3.63) is 122 Å². The Morgan fingerprint density at radius 1 is 0.313 bits per heavy atom. The highest BCUT2D eigenvalue weighted by molar-refractivity contribution is 5.71. The molecule has 0 radical (unpaired) electrons. The average Bonchev–Trinajstić information content (AvgIpc) is 3.33. The molecular formula is C61H98O6. The molecule has 0 aromatic heterocycles. The monoisotopic (exact) mass is 927 g/mol. The summed E-state index contributed by atoms with van der Waals surface area (Å²) in [6.45, 7) is 6.37. The Hall–Kier alpha value is -4.19. The summed E-state index contributed by atoms with van der Waals surface area (Å²) in [6, 6.07) is 0. The quantitative estimate of drug-likeness (QED) is 0.0262. The van der Waals surface area contributed by atoms with E-state index in [9.17, 15) is 14.4 Å². The van der Waals surface area contributed by atoms with Gasteiger partial charge in [-0.25, -0.2) is 0 Å². The van der Waals surface area contributed by atoms with Gasteiger partial charge in [-0.1, -0.05) is 206 Å². The van der Waals surface area contributed by atoms with E-state index in [0.717, 1.165) is 128 Å². The zero-order valence-corrected chi connectivity index (χ0v) is 43.1. The van der Waals surface area contributed by atoms with Crippen LogP contribution in [0.2, 0.25) is 0 Å². The van der Waals surface area contributed by atoms with E-state index >= 15 is 0 Å².